The molecule has 2 atom stereocenters. The standard InChI is InChI=1S/C13H21N3O2/c1-17-12-8-16(9-13(12)18-2)7-11-4-3-10(5-14)6-15-11/h3-4,6,12-13H,5,7-9,14H2,1-2H3. The van der Waals surface area contributed by atoms with Gasteiger partial charge in [-0.15, -0.1) is 0 Å². The number of nitrogens with two attached hydrogens (primary N) is 1. The van der Waals surface area contributed by atoms with E-state index in [-0.39, 0.29) is 12.2 Å². The molecule has 2 heterocycles. The molecule has 0 aromatic carbocycles. The van der Waals surface area contributed by atoms with E-state index >= 15 is 0 Å². The zero-order valence-electron chi connectivity index (χ0n) is 11.0. The van der Waals surface area contributed by atoms with Gasteiger partial charge < -0.3 is 15.2 Å². The summed E-state index contributed by atoms with van der Waals surface area (Å²) < 4.78 is 10.8. The monoisotopic (exact) mass is 251 g/mol. The molecule has 0 amide bonds. The molecule has 2 rings (SSSR count). The first-order chi connectivity index (χ1) is 8.76. The fourth-order valence-corrected chi connectivity index (χ4v) is 2.30. The SMILES string of the molecule is COC1CN(Cc2ccc(CN)cn2)CC1OC. The average molecular weight is 251 g/mol. The van der Waals surface area contributed by atoms with Crippen molar-refractivity contribution >= 4 is 0 Å². The number of aromatic nitrogens is 1. The zero-order valence-corrected chi connectivity index (χ0v) is 11.0. The van der Waals surface area contributed by atoms with Gasteiger partial charge in [0.2, 0.25) is 0 Å². The molecule has 2 N–H and O–H groups in total. The summed E-state index contributed by atoms with van der Waals surface area (Å²) in [5.74, 6) is 0. The minimum Gasteiger partial charge on any atom is -0.377 e. The zero-order chi connectivity index (χ0) is 13.0. The van der Waals surface area contributed by atoms with Crippen LogP contribution in [0.25, 0.3) is 0 Å². The Hall–Kier alpha value is -1.01. The highest BCUT2D eigenvalue weighted by Crippen LogP contribution is 2.17. The van der Waals surface area contributed by atoms with E-state index < -0.39 is 0 Å². The van der Waals surface area contributed by atoms with Crippen molar-refractivity contribution in [3.8, 4) is 0 Å². The summed E-state index contributed by atoms with van der Waals surface area (Å²) in [6, 6.07) is 4.06. The molecule has 100 valence electrons. The summed E-state index contributed by atoms with van der Waals surface area (Å²) in [4.78, 5) is 6.71. The summed E-state index contributed by atoms with van der Waals surface area (Å²) in [6.45, 7) is 3.13. The Balaban J connectivity index is 1.93. The van der Waals surface area contributed by atoms with Gasteiger partial charge >= 0.3 is 0 Å². The summed E-state index contributed by atoms with van der Waals surface area (Å²) >= 11 is 0. The minimum absolute atomic E-state index is 0.151. The van der Waals surface area contributed by atoms with Crippen molar-refractivity contribution in [1.82, 2.24) is 9.88 Å². The smallest absolute Gasteiger partial charge is 0.0971 e. The van der Waals surface area contributed by atoms with Crippen LogP contribution < -0.4 is 5.73 Å². The van der Waals surface area contributed by atoms with Gasteiger partial charge in [-0.1, -0.05) is 6.07 Å². The molecule has 1 aliphatic rings. The molecule has 0 saturated carbocycles. The number of hydrogen-bond donors (Lipinski definition) is 1. The third kappa shape index (κ3) is 3.05. The van der Waals surface area contributed by atoms with E-state index in [2.05, 4.69) is 9.88 Å². The molecule has 5 heteroatoms. The molecule has 0 spiro atoms. The first-order valence-electron chi connectivity index (χ1n) is 6.18. The summed E-state index contributed by atoms with van der Waals surface area (Å²) in [5, 5.41) is 0. The van der Waals surface area contributed by atoms with E-state index in [0.717, 1.165) is 30.9 Å². The molecule has 1 aromatic heterocycles. The molecule has 1 aromatic rings. The van der Waals surface area contributed by atoms with Crippen LogP contribution in [0.1, 0.15) is 11.3 Å². The predicted molar refractivity (Wildman–Crippen MR) is 69.0 cm³/mol. The molecular formula is C13H21N3O2. The lowest BCUT2D eigenvalue weighted by atomic mass is 10.2. The van der Waals surface area contributed by atoms with Crippen molar-refractivity contribution in [2.75, 3.05) is 27.3 Å². The first-order valence-corrected chi connectivity index (χ1v) is 6.18. The maximum atomic E-state index is 5.55. The molecule has 0 aliphatic carbocycles. The Labute approximate surface area is 108 Å². The number of nitrogens with zero attached hydrogens (tertiary/aromatic N) is 2. The normalized spacial score (nSPS) is 24.6. The first kappa shape index (κ1) is 13.4. The van der Waals surface area contributed by atoms with Gasteiger partial charge in [-0.2, -0.15) is 0 Å². The van der Waals surface area contributed by atoms with Crippen molar-refractivity contribution in [3.05, 3.63) is 29.6 Å². The molecular weight excluding hydrogens is 230 g/mol. The minimum atomic E-state index is 0.151. The Morgan fingerprint density at radius 3 is 2.39 bits per heavy atom. The molecule has 0 radical (unpaired) electrons. The van der Waals surface area contributed by atoms with E-state index in [1.165, 1.54) is 0 Å². The lowest BCUT2D eigenvalue weighted by molar-refractivity contribution is -0.00461. The van der Waals surface area contributed by atoms with Crippen LogP contribution in [0.2, 0.25) is 0 Å². The van der Waals surface area contributed by atoms with Gasteiger partial charge in [0.1, 0.15) is 0 Å². The predicted octanol–water partition coefficient (Wildman–Crippen LogP) is 0.386. The van der Waals surface area contributed by atoms with Gasteiger partial charge in [-0.05, 0) is 11.6 Å². The summed E-state index contributed by atoms with van der Waals surface area (Å²) in [5.41, 5.74) is 7.67. The van der Waals surface area contributed by atoms with Crippen molar-refractivity contribution in [1.29, 1.82) is 0 Å². The van der Waals surface area contributed by atoms with Gasteiger partial charge in [0.25, 0.3) is 0 Å². The second-order valence-corrected chi connectivity index (χ2v) is 4.60. The van der Waals surface area contributed by atoms with Crippen molar-refractivity contribution in [3.63, 3.8) is 0 Å². The topological polar surface area (TPSA) is 60.6 Å². The van der Waals surface area contributed by atoms with E-state index in [9.17, 15) is 0 Å². The number of rotatable bonds is 5. The van der Waals surface area contributed by atoms with Crippen molar-refractivity contribution in [2.45, 2.75) is 25.3 Å². The lowest BCUT2D eigenvalue weighted by Gasteiger charge is -2.14. The number of ether oxygens (including phenoxy) is 2. The van der Waals surface area contributed by atoms with Crippen molar-refractivity contribution < 1.29 is 9.47 Å². The van der Waals surface area contributed by atoms with Gasteiger partial charge in [0.05, 0.1) is 17.9 Å². The van der Waals surface area contributed by atoms with Gasteiger partial charge in [0, 0.05) is 46.6 Å². The highest BCUT2D eigenvalue weighted by Gasteiger charge is 2.32. The Kier molecular flexibility index (Phi) is 4.66. The Morgan fingerprint density at radius 1 is 1.28 bits per heavy atom. The Morgan fingerprint density at radius 2 is 1.94 bits per heavy atom. The quantitative estimate of drug-likeness (QED) is 0.820. The second kappa shape index (κ2) is 6.24. The molecule has 2 unspecified atom stereocenters. The third-order valence-electron chi connectivity index (χ3n) is 3.40. The number of pyridine rings is 1. The van der Waals surface area contributed by atoms with Crippen LogP contribution >= 0.6 is 0 Å². The van der Waals surface area contributed by atoms with Crippen LogP contribution in [0, 0.1) is 0 Å². The van der Waals surface area contributed by atoms with Crippen LogP contribution in [0.4, 0.5) is 0 Å². The van der Waals surface area contributed by atoms with E-state index in [1.807, 2.05) is 18.3 Å². The van der Waals surface area contributed by atoms with E-state index in [0.29, 0.717) is 6.54 Å². The average Bonchev–Trinajstić information content (AvgIpc) is 2.81. The molecule has 0 bridgehead atoms. The summed E-state index contributed by atoms with van der Waals surface area (Å²) in [6.07, 6.45) is 2.14. The lowest BCUT2D eigenvalue weighted by Crippen LogP contribution is -2.27. The molecule has 5 nitrogen and oxygen atoms in total. The molecule has 18 heavy (non-hydrogen) atoms. The molecule has 1 saturated heterocycles. The molecule has 1 aliphatic heterocycles. The number of hydrogen-bond acceptors (Lipinski definition) is 5. The van der Waals surface area contributed by atoms with Crippen LogP contribution in [0.3, 0.4) is 0 Å². The highest BCUT2D eigenvalue weighted by molar-refractivity contribution is 5.13. The largest absolute Gasteiger partial charge is 0.377 e. The van der Waals surface area contributed by atoms with Crippen molar-refractivity contribution in [2.24, 2.45) is 5.73 Å². The summed E-state index contributed by atoms with van der Waals surface area (Å²) in [7, 11) is 3.46. The molecule has 1 fully saturated rings. The van der Waals surface area contributed by atoms with Gasteiger partial charge in [-0.25, -0.2) is 0 Å². The number of likely N-dealkylation sites (tertiary alicyclic amines) is 1. The van der Waals surface area contributed by atoms with Crippen LogP contribution in [0.5, 0.6) is 0 Å². The van der Waals surface area contributed by atoms with Gasteiger partial charge in [-0.3, -0.25) is 9.88 Å². The number of methoxy groups -OCH3 is 2. The maximum Gasteiger partial charge on any atom is 0.0971 e. The van der Waals surface area contributed by atoms with E-state index in [4.69, 9.17) is 15.2 Å². The fraction of sp³-hybridized carbons (Fsp3) is 0.615. The van der Waals surface area contributed by atoms with E-state index in [1.54, 1.807) is 14.2 Å². The van der Waals surface area contributed by atoms with Crippen LogP contribution in [0.15, 0.2) is 18.3 Å². The highest BCUT2D eigenvalue weighted by atomic mass is 16.5. The van der Waals surface area contributed by atoms with Crippen LogP contribution in [-0.2, 0) is 22.6 Å². The van der Waals surface area contributed by atoms with Crippen LogP contribution in [-0.4, -0.2) is 49.4 Å². The fourth-order valence-electron chi connectivity index (χ4n) is 2.30. The Bertz CT molecular complexity index is 357. The van der Waals surface area contributed by atoms with Gasteiger partial charge in [0.15, 0.2) is 0 Å². The third-order valence-corrected chi connectivity index (χ3v) is 3.40. The maximum absolute atomic E-state index is 5.55. The second-order valence-electron chi connectivity index (χ2n) is 4.60.